The lowest BCUT2D eigenvalue weighted by atomic mass is 9.71. The van der Waals surface area contributed by atoms with E-state index in [1.54, 1.807) is 0 Å². The second-order valence-corrected chi connectivity index (χ2v) is 5.38. The van der Waals surface area contributed by atoms with Gasteiger partial charge in [0, 0.05) is 0 Å². The molecule has 1 N–H and O–H groups in total. The Labute approximate surface area is 82.5 Å². The molecule has 0 aromatic carbocycles. The number of aliphatic hydroxyl groups is 1. The summed E-state index contributed by atoms with van der Waals surface area (Å²) in [6, 6.07) is 0. The van der Waals surface area contributed by atoms with Crippen molar-refractivity contribution in [2.24, 2.45) is 23.7 Å². The first kappa shape index (κ1) is 11.0. The van der Waals surface area contributed by atoms with Crippen molar-refractivity contribution in [3.8, 4) is 0 Å². The van der Waals surface area contributed by atoms with Gasteiger partial charge in [-0.15, -0.1) is 0 Å². The van der Waals surface area contributed by atoms with Crippen molar-refractivity contribution in [2.75, 3.05) is 0 Å². The molecule has 0 aromatic heterocycles. The molecule has 1 aliphatic carbocycles. The van der Waals surface area contributed by atoms with Gasteiger partial charge in [0.25, 0.3) is 0 Å². The summed E-state index contributed by atoms with van der Waals surface area (Å²) in [4.78, 5) is 0. The van der Waals surface area contributed by atoms with Crippen molar-refractivity contribution in [1.82, 2.24) is 0 Å². The van der Waals surface area contributed by atoms with E-state index in [1.165, 1.54) is 12.8 Å². The summed E-state index contributed by atoms with van der Waals surface area (Å²) < 4.78 is 0. The third-order valence-electron chi connectivity index (χ3n) is 3.52. The fourth-order valence-electron chi connectivity index (χ4n) is 2.61. The van der Waals surface area contributed by atoms with E-state index >= 15 is 0 Å². The molecule has 1 rings (SSSR count). The highest BCUT2D eigenvalue weighted by atomic mass is 16.3. The molecule has 0 amide bonds. The molecular weight excluding hydrogens is 160 g/mol. The minimum atomic E-state index is -0.0431. The molecule has 1 heteroatoms. The van der Waals surface area contributed by atoms with Gasteiger partial charge >= 0.3 is 0 Å². The molecule has 1 fully saturated rings. The Bertz CT molecular complexity index is 153. The standard InChI is InChI=1S/C12H24O/c1-8(2)5-11-6-10(4)12(13)7-9(11)3/h8-13H,5-7H2,1-4H3. The highest BCUT2D eigenvalue weighted by Gasteiger charge is 2.31. The Morgan fingerprint density at radius 2 is 1.77 bits per heavy atom. The second kappa shape index (κ2) is 4.45. The average Bonchev–Trinajstić information content (AvgIpc) is 1.99. The van der Waals surface area contributed by atoms with Crippen molar-refractivity contribution in [2.45, 2.75) is 53.1 Å². The van der Waals surface area contributed by atoms with Crippen LogP contribution in [0.2, 0.25) is 0 Å². The van der Waals surface area contributed by atoms with E-state index in [0.29, 0.717) is 11.8 Å². The summed E-state index contributed by atoms with van der Waals surface area (Å²) in [5.74, 6) is 2.88. The van der Waals surface area contributed by atoms with E-state index in [4.69, 9.17) is 0 Å². The smallest absolute Gasteiger partial charge is 0.0568 e. The number of rotatable bonds is 2. The molecule has 1 aliphatic rings. The average molecular weight is 184 g/mol. The van der Waals surface area contributed by atoms with Crippen LogP contribution in [0.15, 0.2) is 0 Å². The van der Waals surface area contributed by atoms with Crippen molar-refractivity contribution >= 4 is 0 Å². The van der Waals surface area contributed by atoms with Crippen LogP contribution in [0.3, 0.4) is 0 Å². The SMILES string of the molecule is CC(C)CC1CC(C)C(O)CC1C. The fourth-order valence-corrected chi connectivity index (χ4v) is 2.61. The Morgan fingerprint density at radius 1 is 1.15 bits per heavy atom. The number of aliphatic hydroxyl groups excluding tert-OH is 1. The predicted molar refractivity (Wildman–Crippen MR) is 56.5 cm³/mol. The van der Waals surface area contributed by atoms with Crippen LogP contribution in [0.25, 0.3) is 0 Å². The zero-order chi connectivity index (χ0) is 10.0. The van der Waals surface area contributed by atoms with Gasteiger partial charge in [-0.05, 0) is 42.9 Å². The minimum absolute atomic E-state index is 0.0431. The molecule has 0 aromatic rings. The van der Waals surface area contributed by atoms with Crippen molar-refractivity contribution in [1.29, 1.82) is 0 Å². The van der Waals surface area contributed by atoms with E-state index < -0.39 is 0 Å². The molecule has 0 spiro atoms. The van der Waals surface area contributed by atoms with E-state index in [1.807, 2.05) is 0 Å². The fraction of sp³-hybridized carbons (Fsp3) is 1.00. The Balaban J connectivity index is 2.46. The van der Waals surface area contributed by atoms with Gasteiger partial charge in [0.1, 0.15) is 0 Å². The van der Waals surface area contributed by atoms with Gasteiger partial charge in [0.2, 0.25) is 0 Å². The van der Waals surface area contributed by atoms with Gasteiger partial charge in [-0.2, -0.15) is 0 Å². The predicted octanol–water partition coefficient (Wildman–Crippen LogP) is 3.08. The summed E-state index contributed by atoms with van der Waals surface area (Å²) in [7, 11) is 0. The van der Waals surface area contributed by atoms with E-state index in [9.17, 15) is 5.11 Å². The van der Waals surface area contributed by atoms with Gasteiger partial charge in [-0.3, -0.25) is 0 Å². The third kappa shape index (κ3) is 2.98. The van der Waals surface area contributed by atoms with E-state index in [0.717, 1.165) is 18.3 Å². The molecular formula is C12H24O. The van der Waals surface area contributed by atoms with Crippen molar-refractivity contribution in [3.63, 3.8) is 0 Å². The van der Waals surface area contributed by atoms with Crippen LogP contribution >= 0.6 is 0 Å². The molecule has 1 saturated carbocycles. The first-order valence-electron chi connectivity index (χ1n) is 5.68. The minimum Gasteiger partial charge on any atom is -0.393 e. The quantitative estimate of drug-likeness (QED) is 0.699. The molecule has 4 atom stereocenters. The zero-order valence-electron chi connectivity index (χ0n) is 9.46. The molecule has 0 aliphatic heterocycles. The monoisotopic (exact) mass is 184 g/mol. The van der Waals surface area contributed by atoms with Crippen LogP contribution in [0.1, 0.15) is 47.0 Å². The molecule has 0 heterocycles. The molecule has 0 radical (unpaired) electrons. The Hall–Kier alpha value is -0.0400. The highest BCUT2D eigenvalue weighted by molar-refractivity contribution is 4.82. The summed E-state index contributed by atoms with van der Waals surface area (Å²) in [6.45, 7) is 9.07. The van der Waals surface area contributed by atoms with Crippen LogP contribution in [0.5, 0.6) is 0 Å². The maximum absolute atomic E-state index is 9.70. The normalized spacial score (nSPS) is 41.1. The van der Waals surface area contributed by atoms with Crippen LogP contribution in [0, 0.1) is 23.7 Å². The molecule has 4 unspecified atom stereocenters. The summed E-state index contributed by atoms with van der Waals surface area (Å²) in [5.41, 5.74) is 0. The number of hydrogen-bond acceptors (Lipinski definition) is 1. The lowest BCUT2D eigenvalue weighted by Crippen LogP contribution is -2.33. The van der Waals surface area contributed by atoms with Gasteiger partial charge in [-0.25, -0.2) is 0 Å². The second-order valence-electron chi connectivity index (χ2n) is 5.38. The van der Waals surface area contributed by atoms with Gasteiger partial charge in [0.05, 0.1) is 6.10 Å². The van der Waals surface area contributed by atoms with Crippen molar-refractivity contribution in [3.05, 3.63) is 0 Å². The van der Waals surface area contributed by atoms with Crippen molar-refractivity contribution < 1.29 is 5.11 Å². The van der Waals surface area contributed by atoms with E-state index in [-0.39, 0.29) is 6.10 Å². The number of hydrogen-bond donors (Lipinski definition) is 1. The van der Waals surface area contributed by atoms with Crippen LogP contribution in [-0.4, -0.2) is 11.2 Å². The summed E-state index contributed by atoms with van der Waals surface area (Å²) in [6.07, 6.45) is 3.52. The topological polar surface area (TPSA) is 20.2 Å². The summed E-state index contributed by atoms with van der Waals surface area (Å²) >= 11 is 0. The van der Waals surface area contributed by atoms with Crippen LogP contribution in [-0.2, 0) is 0 Å². The first-order valence-corrected chi connectivity index (χ1v) is 5.68. The maximum atomic E-state index is 9.70. The first-order chi connectivity index (χ1) is 6.00. The molecule has 0 bridgehead atoms. The molecule has 0 saturated heterocycles. The van der Waals surface area contributed by atoms with Gasteiger partial charge in [0.15, 0.2) is 0 Å². The highest BCUT2D eigenvalue weighted by Crippen LogP contribution is 2.37. The third-order valence-corrected chi connectivity index (χ3v) is 3.52. The lowest BCUT2D eigenvalue weighted by molar-refractivity contribution is 0.0223. The molecule has 78 valence electrons. The summed E-state index contributed by atoms with van der Waals surface area (Å²) in [5, 5.41) is 9.70. The van der Waals surface area contributed by atoms with E-state index in [2.05, 4.69) is 27.7 Å². The lowest BCUT2D eigenvalue weighted by Gasteiger charge is -2.37. The largest absolute Gasteiger partial charge is 0.393 e. The zero-order valence-corrected chi connectivity index (χ0v) is 9.46. The van der Waals surface area contributed by atoms with Gasteiger partial charge < -0.3 is 5.11 Å². The maximum Gasteiger partial charge on any atom is 0.0568 e. The van der Waals surface area contributed by atoms with Crippen LogP contribution < -0.4 is 0 Å². The van der Waals surface area contributed by atoms with Crippen LogP contribution in [0.4, 0.5) is 0 Å². The Morgan fingerprint density at radius 3 is 2.31 bits per heavy atom. The molecule has 1 nitrogen and oxygen atoms in total. The molecule has 13 heavy (non-hydrogen) atoms. The van der Waals surface area contributed by atoms with Gasteiger partial charge in [-0.1, -0.05) is 27.7 Å². The Kier molecular flexibility index (Phi) is 3.78.